The van der Waals surface area contributed by atoms with Gasteiger partial charge in [-0.15, -0.1) is 0 Å². The number of aryl methyl sites for hydroxylation is 1. The van der Waals surface area contributed by atoms with E-state index in [1.54, 1.807) is 6.20 Å². The fourth-order valence-electron chi connectivity index (χ4n) is 3.43. The second kappa shape index (κ2) is 7.56. The molecule has 0 saturated carbocycles. The van der Waals surface area contributed by atoms with Gasteiger partial charge in [0.05, 0.1) is 5.52 Å². The molecule has 0 spiro atoms. The van der Waals surface area contributed by atoms with Crippen LogP contribution in [0.1, 0.15) is 48.2 Å². The van der Waals surface area contributed by atoms with Crippen LogP contribution in [0.2, 0.25) is 0 Å². The summed E-state index contributed by atoms with van der Waals surface area (Å²) in [6.07, 6.45) is 3.46. The van der Waals surface area contributed by atoms with Gasteiger partial charge in [-0.25, -0.2) is 0 Å². The zero-order valence-electron chi connectivity index (χ0n) is 15.5. The van der Waals surface area contributed by atoms with Gasteiger partial charge >= 0.3 is 0 Å². The average molecular weight is 348 g/mol. The number of amides is 1. The summed E-state index contributed by atoms with van der Waals surface area (Å²) in [4.78, 5) is 24.1. The number of carbonyl (C=O) groups excluding carboxylic acids is 2. The molecule has 0 unspecified atom stereocenters. The van der Waals surface area contributed by atoms with Gasteiger partial charge in [0.15, 0.2) is 6.29 Å². The summed E-state index contributed by atoms with van der Waals surface area (Å²) in [7, 11) is 0. The summed E-state index contributed by atoms with van der Waals surface area (Å²) >= 11 is 0. The third-order valence-corrected chi connectivity index (χ3v) is 4.69. The smallest absolute Gasteiger partial charge is 0.244 e. The highest BCUT2D eigenvalue weighted by Crippen LogP contribution is 2.26. The number of nitrogens with zero attached hydrogens (tertiary/aromatic N) is 1. The van der Waals surface area contributed by atoms with Crippen molar-refractivity contribution in [1.82, 2.24) is 4.57 Å². The summed E-state index contributed by atoms with van der Waals surface area (Å²) in [6.45, 7) is 6.46. The molecule has 26 heavy (non-hydrogen) atoms. The Morgan fingerprint density at radius 2 is 1.92 bits per heavy atom. The molecule has 1 amide bonds. The normalized spacial score (nSPS) is 11.1. The Morgan fingerprint density at radius 3 is 2.62 bits per heavy atom. The number of benzene rings is 2. The fourth-order valence-corrected chi connectivity index (χ4v) is 3.43. The molecule has 1 aromatic heterocycles. The van der Waals surface area contributed by atoms with E-state index in [4.69, 9.17) is 0 Å². The van der Waals surface area contributed by atoms with Crippen LogP contribution < -0.4 is 5.32 Å². The van der Waals surface area contributed by atoms with Gasteiger partial charge in [-0.1, -0.05) is 57.2 Å². The average Bonchev–Trinajstić information content (AvgIpc) is 2.99. The van der Waals surface area contributed by atoms with Gasteiger partial charge in [-0.2, -0.15) is 0 Å². The Balaban J connectivity index is 1.92. The lowest BCUT2D eigenvalue weighted by Crippen LogP contribution is -2.19. The molecule has 0 radical (unpaired) electrons. The van der Waals surface area contributed by atoms with Crippen molar-refractivity contribution < 1.29 is 9.59 Å². The monoisotopic (exact) mass is 348 g/mol. The molecule has 3 aromatic rings. The third-order valence-electron chi connectivity index (χ3n) is 4.69. The van der Waals surface area contributed by atoms with Crippen molar-refractivity contribution in [1.29, 1.82) is 0 Å². The minimum Gasteiger partial charge on any atom is -0.337 e. The molecule has 0 saturated heterocycles. The van der Waals surface area contributed by atoms with Gasteiger partial charge in [0.2, 0.25) is 5.91 Å². The molecular formula is C22H24N2O2. The highest BCUT2D eigenvalue weighted by Gasteiger charge is 2.15. The van der Waals surface area contributed by atoms with Crippen molar-refractivity contribution in [2.45, 2.75) is 39.7 Å². The van der Waals surface area contributed by atoms with Crippen molar-refractivity contribution in [3.8, 4) is 0 Å². The van der Waals surface area contributed by atoms with E-state index in [9.17, 15) is 9.59 Å². The van der Waals surface area contributed by atoms with Crippen molar-refractivity contribution in [2.24, 2.45) is 0 Å². The Bertz CT molecular complexity index is 954. The summed E-state index contributed by atoms with van der Waals surface area (Å²) < 4.78 is 1.88. The van der Waals surface area contributed by atoms with Crippen molar-refractivity contribution in [3.63, 3.8) is 0 Å². The van der Waals surface area contributed by atoms with Crippen LogP contribution in [0.3, 0.4) is 0 Å². The molecule has 0 fully saturated rings. The maximum atomic E-state index is 12.7. The number of nitrogens with one attached hydrogen (secondary N) is 1. The van der Waals surface area contributed by atoms with E-state index in [-0.39, 0.29) is 12.5 Å². The lowest BCUT2D eigenvalue weighted by molar-refractivity contribution is -0.116. The van der Waals surface area contributed by atoms with Gasteiger partial charge in [0, 0.05) is 22.8 Å². The zero-order valence-corrected chi connectivity index (χ0v) is 15.5. The maximum Gasteiger partial charge on any atom is 0.244 e. The van der Waals surface area contributed by atoms with Gasteiger partial charge in [-0.3, -0.25) is 9.59 Å². The van der Waals surface area contributed by atoms with Crippen LogP contribution in [-0.4, -0.2) is 16.8 Å². The van der Waals surface area contributed by atoms with Crippen LogP contribution in [0.4, 0.5) is 5.69 Å². The lowest BCUT2D eigenvalue weighted by Gasteiger charge is -2.14. The topological polar surface area (TPSA) is 51.1 Å². The third kappa shape index (κ3) is 3.40. The maximum absolute atomic E-state index is 12.7. The number of aldehydes is 1. The first-order valence-electron chi connectivity index (χ1n) is 8.99. The summed E-state index contributed by atoms with van der Waals surface area (Å²) in [5.74, 6) is 0.227. The zero-order chi connectivity index (χ0) is 18.7. The molecule has 0 atom stereocenters. The number of hydrogen-bond acceptors (Lipinski definition) is 2. The molecule has 0 aliphatic rings. The Kier molecular flexibility index (Phi) is 5.21. The number of hydrogen-bond donors (Lipinski definition) is 1. The van der Waals surface area contributed by atoms with Gasteiger partial charge < -0.3 is 9.88 Å². The minimum atomic E-state index is -0.0987. The number of para-hydroxylation sites is 2. The highest BCUT2D eigenvalue weighted by molar-refractivity contribution is 6.00. The van der Waals surface area contributed by atoms with Crippen LogP contribution in [0.15, 0.2) is 48.7 Å². The van der Waals surface area contributed by atoms with Crippen LogP contribution in [0.25, 0.3) is 10.9 Å². The fraction of sp³-hybridized carbons (Fsp3) is 0.273. The van der Waals surface area contributed by atoms with Crippen molar-refractivity contribution in [2.75, 3.05) is 5.32 Å². The highest BCUT2D eigenvalue weighted by atomic mass is 16.2. The van der Waals surface area contributed by atoms with Crippen LogP contribution in [0, 0.1) is 0 Å². The van der Waals surface area contributed by atoms with Gasteiger partial charge in [0.25, 0.3) is 0 Å². The number of fused-ring (bicyclic) bond motifs is 1. The SMILES string of the molecule is CCc1cccc2c(C=O)cn(CC(=O)Nc3ccccc3C(C)C)c12. The van der Waals surface area contributed by atoms with Gasteiger partial charge in [-0.05, 0) is 29.5 Å². The standard InChI is InChI=1S/C22H24N2O2/c1-4-16-8-7-10-19-17(14-25)12-24(22(16)19)13-21(26)23-20-11-6-5-9-18(20)15(2)3/h5-12,14-15H,4,13H2,1-3H3,(H,23,26). The Labute approximate surface area is 153 Å². The number of aromatic nitrogens is 1. The van der Waals surface area contributed by atoms with E-state index in [1.807, 2.05) is 47.0 Å². The van der Waals surface area contributed by atoms with Crippen LogP contribution in [0.5, 0.6) is 0 Å². The Hall–Kier alpha value is -2.88. The molecule has 4 nitrogen and oxygen atoms in total. The summed E-state index contributed by atoms with van der Waals surface area (Å²) in [5.41, 5.74) is 4.66. The summed E-state index contributed by atoms with van der Waals surface area (Å²) in [6, 6.07) is 13.8. The predicted molar refractivity (Wildman–Crippen MR) is 106 cm³/mol. The minimum absolute atomic E-state index is 0.0987. The molecule has 0 aliphatic heterocycles. The van der Waals surface area contributed by atoms with E-state index < -0.39 is 0 Å². The molecule has 0 bridgehead atoms. The number of carbonyl (C=O) groups is 2. The Morgan fingerprint density at radius 1 is 1.15 bits per heavy atom. The number of anilines is 1. The van der Waals surface area contributed by atoms with E-state index in [2.05, 4.69) is 26.1 Å². The first-order chi connectivity index (χ1) is 12.5. The van der Waals surface area contributed by atoms with Crippen molar-refractivity contribution >= 4 is 28.8 Å². The quantitative estimate of drug-likeness (QED) is 0.652. The number of rotatable bonds is 6. The van der Waals surface area contributed by atoms with E-state index >= 15 is 0 Å². The molecule has 0 aliphatic carbocycles. The van der Waals surface area contributed by atoms with E-state index in [0.29, 0.717) is 11.5 Å². The second-order valence-electron chi connectivity index (χ2n) is 6.79. The van der Waals surface area contributed by atoms with Crippen molar-refractivity contribution in [3.05, 3.63) is 65.4 Å². The van der Waals surface area contributed by atoms with Crippen LogP contribution in [-0.2, 0) is 17.8 Å². The van der Waals surface area contributed by atoms with E-state index in [1.165, 1.54) is 0 Å². The molecule has 3 rings (SSSR count). The molecule has 1 heterocycles. The molecular weight excluding hydrogens is 324 g/mol. The summed E-state index contributed by atoms with van der Waals surface area (Å²) in [5, 5.41) is 3.92. The first kappa shape index (κ1) is 17.9. The molecule has 2 aromatic carbocycles. The molecule has 1 N–H and O–H groups in total. The molecule has 134 valence electrons. The largest absolute Gasteiger partial charge is 0.337 e. The van der Waals surface area contributed by atoms with E-state index in [0.717, 1.165) is 40.4 Å². The van der Waals surface area contributed by atoms with Gasteiger partial charge in [0.1, 0.15) is 6.54 Å². The lowest BCUT2D eigenvalue weighted by atomic mass is 10.0. The second-order valence-corrected chi connectivity index (χ2v) is 6.79. The predicted octanol–water partition coefficient (Wildman–Crippen LogP) is 4.78. The first-order valence-corrected chi connectivity index (χ1v) is 8.99. The molecule has 4 heteroatoms. The van der Waals surface area contributed by atoms with Crippen LogP contribution >= 0.6 is 0 Å².